The van der Waals surface area contributed by atoms with Gasteiger partial charge in [0.05, 0.1) is 12.9 Å². The highest BCUT2D eigenvalue weighted by Gasteiger charge is 2.23. The maximum Gasteiger partial charge on any atom is 0.149 e. The topological polar surface area (TPSA) is 28.0 Å². The predicted molar refractivity (Wildman–Crippen MR) is 78.0 cm³/mol. The molecule has 0 saturated carbocycles. The Hall–Kier alpha value is -1.19. The lowest BCUT2D eigenvalue weighted by Gasteiger charge is -2.35. The quantitative estimate of drug-likeness (QED) is 0.706. The number of alkyl halides is 1. The first-order valence-electron chi connectivity index (χ1n) is 6.37. The molecule has 1 fully saturated rings. The third-order valence-electron chi connectivity index (χ3n) is 3.49. The summed E-state index contributed by atoms with van der Waals surface area (Å²) < 4.78 is 9.50. The van der Waals surface area contributed by atoms with E-state index >= 15 is 0 Å². The molecule has 0 radical (unpaired) electrons. The van der Waals surface area contributed by atoms with Gasteiger partial charge in [-0.05, 0) is 45.0 Å². The van der Waals surface area contributed by atoms with Gasteiger partial charge in [0.1, 0.15) is 5.82 Å². The van der Waals surface area contributed by atoms with Gasteiger partial charge in [-0.15, -0.1) is 0 Å². The number of likely N-dealkylation sites (tertiary alicyclic amines) is 1. The van der Waals surface area contributed by atoms with Crippen LogP contribution in [-0.2, 0) is 0 Å². The Balaban J connectivity index is 0.00000137. The number of hydrogen-bond acceptors (Lipinski definition) is 3. The van der Waals surface area contributed by atoms with E-state index in [2.05, 4.69) is 42.2 Å². The van der Waals surface area contributed by atoms with E-state index in [1.54, 1.807) is 0 Å². The molecule has 3 nitrogen and oxygen atoms in total. The number of piperidine rings is 1. The second kappa shape index (κ2) is 8.84. The number of hydrogen-bond donors (Lipinski definition) is 0. The Morgan fingerprint density at radius 2 is 1.67 bits per heavy atom. The molecular weight excluding hydrogens is 229 g/mol. The zero-order valence-electron chi connectivity index (χ0n) is 12.1. The van der Waals surface area contributed by atoms with E-state index in [9.17, 15) is 4.39 Å². The maximum absolute atomic E-state index is 9.50. The Morgan fingerprint density at radius 1 is 1.17 bits per heavy atom. The summed E-state index contributed by atoms with van der Waals surface area (Å²) in [5, 5.41) is 0. The second-order valence-corrected chi connectivity index (χ2v) is 4.79. The minimum absolute atomic E-state index is 0.500. The number of rotatable bonds is 4. The Morgan fingerprint density at radius 3 is 2.00 bits per heavy atom. The fraction of sp³-hybridized carbons (Fsp3) is 0.714. The van der Waals surface area contributed by atoms with Crippen LogP contribution >= 0.6 is 0 Å². The molecule has 1 aliphatic heterocycles. The molecule has 0 N–H and O–H groups in total. The van der Waals surface area contributed by atoms with Crippen LogP contribution in [0.15, 0.2) is 21.5 Å². The molecule has 4 heteroatoms. The average Bonchev–Trinajstić information content (AvgIpc) is 2.42. The molecule has 0 aromatic rings. The van der Waals surface area contributed by atoms with Crippen LogP contribution in [0.5, 0.6) is 0 Å². The summed E-state index contributed by atoms with van der Waals surface area (Å²) >= 11 is 0. The highest BCUT2D eigenvalue weighted by atomic mass is 19.1. The van der Waals surface area contributed by atoms with Crippen LogP contribution in [0.1, 0.15) is 33.6 Å². The third kappa shape index (κ3) is 4.59. The summed E-state index contributed by atoms with van der Waals surface area (Å²) in [6, 6.07) is 0. The zero-order valence-corrected chi connectivity index (χ0v) is 12.1. The lowest BCUT2D eigenvalue weighted by Crippen LogP contribution is -2.34. The number of aliphatic imine (C=N–C) groups is 2. The van der Waals surface area contributed by atoms with Crippen LogP contribution in [0.25, 0.3) is 0 Å². The van der Waals surface area contributed by atoms with Crippen molar-refractivity contribution in [3.05, 3.63) is 11.5 Å². The lowest BCUT2D eigenvalue weighted by atomic mass is 9.87. The van der Waals surface area contributed by atoms with Crippen LogP contribution in [0, 0.1) is 11.8 Å². The van der Waals surface area contributed by atoms with Crippen molar-refractivity contribution in [2.75, 3.05) is 20.3 Å². The van der Waals surface area contributed by atoms with Gasteiger partial charge in [-0.25, -0.2) is 4.99 Å². The van der Waals surface area contributed by atoms with Gasteiger partial charge in [0.2, 0.25) is 0 Å². The van der Waals surface area contributed by atoms with E-state index in [1.165, 1.54) is 12.8 Å². The molecule has 0 unspecified atom stereocenters. The number of allylic oxidation sites excluding steroid dienone is 1. The summed E-state index contributed by atoms with van der Waals surface area (Å²) in [6.45, 7) is 15.8. The fourth-order valence-corrected chi connectivity index (χ4v) is 2.29. The first-order valence-corrected chi connectivity index (χ1v) is 6.37. The summed E-state index contributed by atoms with van der Waals surface area (Å²) in [4.78, 5) is 10.3. The van der Waals surface area contributed by atoms with Crippen LogP contribution in [0.3, 0.4) is 0 Å². The van der Waals surface area contributed by atoms with Crippen molar-refractivity contribution in [1.29, 1.82) is 0 Å². The molecular formula is C14H26FN3. The normalized spacial score (nSPS) is 17.8. The molecule has 1 saturated heterocycles. The molecule has 0 aliphatic carbocycles. The molecule has 1 aliphatic rings. The molecule has 0 atom stereocenters. The van der Waals surface area contributed by atoms with Crippen molar-refractivity contribution in [3.63, 3.8) is 0 Å². The van der Waals surface area contributed by atoms with Crippen molar-refractivity contribution in [1.82, 2.24) is 4.90 Å². The van der Waals surface area contributed by atoms with Crippen molar-refractivity contribution >= 4 is 13.4 Å². The van der Waals surface area contributed by atoms with E-state index < -0.39 is 0 Å². The first-order chi connectivity index (χ1) is 8.60. The van der Waals surface area contributed by atoms with Crippen molar-refractivity contribution < 1.29 is 4.39 Å². The van der Waals surface area contributed by atoms with Gasteiger partial charge in [-0.2, -0.15) is 0 Å². The van der Waals surface area contributed by atoms with E-state index in [0.717, 1.165) is 36.4 Å². The van der Waals surface area contributed by atoms with Gasteiger partial charge in [0, 0.05) is 13.1 Å². The highest BCUT2D eigenvalue weighted by molar-refractivity contribution is 5.34. The van der Waals surface area contributed by atoms with Gasteiger partial charge in [0.15, 0.2) is 0 Å². The SMILES string of the molecule is C=N/C(C)=C(\N=C)N1CCC(C(C)C)CC1.CF. The van der Waals surface area contributed by atoms with Crippen LogP contribution < -0.4 is 0 Å². The Bertz CT molecular complexity index is 289. The summed E-state index contributed by atoms with van der Waals surface area (Å²) in [5.41, 5.74) is 0.873. The summed E-state index contributed by atoms with van der Waals surface area (Å²) in [5.74, 6) is 2.53. The smallest absolute Gasteiger partial charge is 0.149 e. The molecule has 0 aromatic carbocycles. The number of halogens is 1. The van der Waals surface area contributed by atoms with Crippen molar-refractivity contribution in [2.45, 2.75) is 33.6 Å². The predicted octanol–water partition coefficient (Wildman–Crippen LogP) is 3.53. The fourth-order valence-electron chi connectivity index (χ4n) is 2.29. The van der Waals surface area contributed by atoms with Crippen molar-refractivity contribution in [2.24, 2.45) is 21.8 Å². The van der Waals surface area contributed by atoms with Gasteiger partial charge >= 0.3 is 0 Å². The third-order valence-corrected chi connectivity index (χ3v) is 3.49. The van der Waals surface area contributed by atoms with E-state index in [4.69, 9.17) is 0 Å². The number of nitrogens with zero attached hydrogens (tertiary/aromatic N) is 3. The molecule has 0 spiro atoms. The standard InChI is InChI=1S/C13H23N3.CH3F/c1-10(2)12-6-8-16(9-7-12)13(15-5)11(3)14-4;1-2/h10,12H,4-9H2,1-3H3;1H3/b13-11+;. The minimum atomic E-state index is 0.500. The summed E-state index contributed by atoms with van der Waals surface area (Å²) in [7, 11) is 0.500. The monoisotopic (exact) mass is 255 g/mol. The van der Waals surface area contributed by atoms with Gasteiger partial charge < -0.3 is 4.90 Å². The molecule has 1 heterocycles. The van der Waals surface area contributed by atoms with Crippen LogP contribution in [-0.4, -0.2) is 38.6 Å². The second-order valence-electron chi connectivity index (χ2n) is 4.79. The summed E-state index contributed by atoms with van der Waals surface area (Å²) in [6.07, 6.45) is 2.47. The van der Waals surface area contributed by atoms with Crippen molar-refractivity contribution in [3.8, 4) is 0 Å². The van der Waals surface area contributed by atoms with Gasteiger partial charge in [0.25, 0.3) is 0 Å². The van der Waals surface area contributed by atoms with Gasteiger partial charge in [-0.1, -0.05) is 13.8 Å². The molecule has 0 bridgehead atoms. The average molecular weight is 255 g/mol. The van der Waals surface area contributed by atoms with Gasteiger partial charge in [-0.3, -0.25) is 9.38 Å². The molecule has 0 amide bonds. The minimum Gasteiger partial charge on any atom is -0.355 e. The van der Waals surface area contributed by atoms with Crippen LogP contribution in [0.4, 0.5) is 4.39 Å². The highest BCUT2D eigenvalue weighted by Crippen LogP contribution is 2.27. The molecule has 1 rings (SSSR count). The lowest BCUT2D eigenvalue weighted by molar-refractivity contribution is 0.188. The first kappa shape index (κ1) is 16.8. The molecule has 104 valence electrons. The zero-order chi connectivity index (χ0) is 14.1. The Labute approximate surface area is 111 Å². The maximum atomic E-state index is 9.50. The van der Waals surface area contributed by atoms with E-state index in [1.807, 2.05) is 6.92 Å². The largest absolute Gasteiger partial charge is 0.355 e. The van der Waals surface area contributed by atoms with Crippen LogP contribution in [0.2, 0.25) is 0 Å². The Kier molecular flexibility index (Phi) is 8.25. The molecule has 0 aromatic heterocycles. The molecule has 18 heavy (non-hydrogen) atoms. The van der Waals surface area contributed by atoms with E-state index in [0.29, 0.717) is 7.18 Å². The van der Waals surface area contributed by atoms with E-state index in [-0.39, 0.29) is 0 Å².